The van der Waals surface area contributed by atoms with E-state index in [2.05, 4.69) is 23.6 Å². The molecule has 0 N–H and O–H groups in total. The molecule has 2 saturated carbocycles. The van der Waals surface area contributed by atoms with E-state index in [1.807, 2.05) is 0 Å². The molecule has 0 spiro atoms. The highest BCUT2D eigenvalue weighted by molar-refractivity contribution is 8.00. The first-order valence-corrected chi connectivity index (χ1v) is 11.3. The Bertz CT molecular complexity index is 383. The smallest absolute Gasteiger partial charge is 0.248 e. The zero-order chi connectivity index (χ0) is 16.8. The third-order valence-corrected chi connectivity index (χ3v) is 7.55. The van der Waals surface area contributed by atoms with Gasteiger partial charge in [0.05, 0.1) is 6.10 Å². The van der Waals surface area contributed by atoms with Crippen LogP contribution in [0.3, 0.4) is 0 Å². The van der Waals surface area contributed by atoms with Crippen molar-refractivity contribution in [2.75, 3.05) is 18.9 Å². The van der Waals surface area contributed by atoms with Gasteiger partial charge in [-0.3, -0.25) is 4.79 Å². The molecule has 3 rings (SSSR count). The Morgan fingerprint density at radius 3 is 2.42 bits per heavy atom. The summed E-state index contributed by atoms with van der Waals surface area (Å²) in [4.78, 5) is 15.1. The number of hydrogen-bond donors (Lipinski definition) is 0. The summed E-state index contributed by atoms with van der Waals surface area (Å²) in [5, 5.41) is 0.659. The van der Waals surface area contributed by atoms with Crippen molar-refractivity contribution < 1.29 is 9.53 Å². The van der Waals surface area contributed by atoms with E-state index in [0.717, 1.165) is 25.3 Å². The number of amides is 1. The molecule has 1 heterocycles. The van der Waals surface area contributed by atoms with Crippen LogP contribution >= 0.6 is 11.8 Å². The van der Waals surface area contributed by atoms with Gasteiger partial charge in [0, 0.05) is 17.8 Å². The molecule has 4 heteroatoms. The second-order valence-electron chi connectivity index (χ2n) is 8.17. The summed E-state index contributed by atoms with van der Waals surface area (Å²) in [7, 11) is 0. The molecule has 1 aliphatic heterocycles. The maximum Gasteiger partial charge on any atom is 0.248 e. The monoisotopic (exact) mass is 353 g/mol. The van der Waals surface area contributed by atoms with Crippen LogP contribution in [-0.4, -0.2) is 47.1 Å². The van der Waals surface area contributed by atoms with Crippen LogP contribution in [-0.2, 0) is 9.53 Å². The molecule has 0 aromatic carbocycles. The minimum atomic E-state index is 0.257. The highest BCUT2D eigenvalue weighted by atomic mass is 32.2. The Kier molecular flexibility index (Phi) is 7.33. The first-order chi connectivity index (χ1) is 11.7. The fourth-order valence-electron chi connectivity index (χ4n) is 4.52. The number of carbonyl (C=O) groups excluding carboxylic acids is 1. The second kappa shape index (κ2) is 9.47. The first-order valence-electron chi connectivity index (χ1n) is 10.2. The van der Waals surface area contributed by atoms with Crippen molar-refractivity contribution in [3.05, 3.63) is 0 Å². The SMILES string of the molecule is CC1CCC(OCC(=O)N(CC2CCCS2)C2CCCCC2)CC1. The molecular weight excluding hydrogens is 318 g/mol. The minimum Gasteiger partial charge on any atom is -0.368 e. The average Bonchev–Trinajstić information content (AvgIpc) is 3.13. The maximum absolute atomic E-state index is 12.9. The molecule has 3 nitrogen and oxygen atoms in total. The number of carbonyl (C=O) groups is 1. The average molecular weight is 354 g/mol. The molecule has 3 fully saturated rings. The Morgan fingerprint density at radius 2 is 1.75 bits per heavy atom. The highest BCUT2D eigenvalue weighted by Crippen LogP contribution is 2.30. The second-order valence-corrected chi connectivity index (χ2v) is 9.57. The van der Waals surface area contributed by atoms with Crippen molar-refractivity contribution in [2.45, 2.75) is 94.9 Å². The summed E-state index contributed by atoms with van der Waals surface area (Å²) in [6, 6.07) is 0.474. The molecule has 1 saturated heterocycles. The van der Waals surface area contributed by atoms with Gasteiger partial charge in [0.1, 0.15) is 6.61 Å². The Balaban J connectivity index is 1.51. The van der Waals surface area contributed by atoms with Crippen molar-refractivity contribution in [1.82, 2.24) is 4.90 Å². The number of nitrogens with zero attached hydrogens (tertiary/aromatic N) is 1. The van der Waals surface area contributed by atoms with Gasteiger partial charge in [0.2, 0.25) is 5.91 Å². The Morgan fingerprint density at radius 1 is 1.00 bits per heavy atom. The summed E-state index contributed by atoms with van der Waals surface area (Å²) in [5.74, 6) is 2.36. The maximum atomic E-state index is 12.9. The predicted molar refractivity (Wildman–Crippen MR) is 101 cm³/mol. The van der Waals surface area contributed by atoms with E-state index in [9.17, 15) is 4.79 Å². The van der Waals surface area contributed by atoms with Crippen LogP contribution in [0.2, 0.25) is 0 Å². The van der Waals surface area contributed by atoms with Gasteiger partial charge < -0.3 is 9.64 Å². The largest absolute Gasteiger partial charge is 0.368 e. The lowest BCUT2D eigenvalue weighted by molar-refractivity contribution is -0.142. The molecule has 3 aliphatic rings. The molecule has 1 atom stereocenters. The molecule has 0 aromatic heterocycles. The van der Waals surface area contributed by atoms with E-state index < -0.39 is 0 Å². The summed E-state index contributed by atoms with van der Waals surface area (Å²) >= 11 is 2.06. The molecule has 24 heavy (non-hydrogen) atoms. The van der Waals surface area contributed by atoms with Gasteiger partial charge in [-0.25, -0.2) is 0 Å². The number of rotatable bonds is 6. The van der Waals surface area contributed by atoms with E-state index in [0.29, 0.717) is 24.0 Å². The third kappa shape index (κ3) is 5.39. The van der Waals surface area contributed by atoms with Crippen LogP contribution in [0.15, 0.2) is 0 Å². The van der Waals surface area contributed by atoms with Gasteiger partial charge >= 0.3 is 0 Å². The van der Waals surface area contributed by atoms with E-state index in [1.165, 1.54) is 63.5 Å². The van der Waals surface area contributed by atoms with Crippen molar-refractivity contribution in [3.8, 4) is 0 Å². The normalized spacial score (nSPS) is 32.0. The lowest BCUT2D eigenvalue weighted by Gasteiger charge is -2.36. The van der Waals surface area contributed by atoms with Gasteiger partial charge in [0.25, 0.3) is 0 Å². The molecule has 0 aromatic rings. The number of ether oxygens (including phenoxy) is 1. The van der Waals surface area contributed by atoms with Crippen molar-refractivity contribution in [3.63, 3.8) is 0 Å². The summed E-state index contributed by atoms with van der Waals surface area (Å²) in [6.07, 6.45) is 14.0. The molecule has 138 valence electrons. The Hall–Kier alpha value is -0.220. The van der Waals surface area contributed by atoms with Crippen LogP contribution < -0.4 is 0 Å². The molecular formula is C20H35NO2S. The quantitative estimate of drug-likeness (QED) is 0.697. The summed E-state index contributed by atoms with van der Waals surface area (Å²) in [6.45, 7) is 3.59. The molecule has 0 radical (unpaired) electrons. The first kappa shape index (κ1) is 18.6. The van der Waals surface area contributed by atoms with Crippen LogP contribution in [0.4, 0.5) is 0 Å². The number of hydrogen-bond acceptors (Lipinski definition) is 3. The topological polar surface area (TPSA) is 29.5 Å². The van der Waals surface area contributed by atoms with Gasteiger partial charge in [-0.1, -0.05) is 26.2 Å². The van der Waals surface area contributed by atoms with E-state index >= 15 is 0 Å². The summed E-state index contributed by atoms with van der Waals surface area (Å²) in [5.41, 5.74) is 0. The van der Waals surface area contributed by atoms with Crippen LogP contribution in [0.1, 0.15) is 77.6 Å². The van der Waals surface area contributed by atoms with Gasteiger partial charge in [-0.2, -0.15) is 11.8 Å². The van der Waals surface area contributed by atoms with Crippen molar-refractivity contribution >= 4 is 17.7 Å². The standard InChI is InChI=1S/C20H35NO2S/c1-16-9-11-18(12-10-16)23-15-20(22)21(14-19-8-5-13-24-19)17-6-3-2-4-7-17/h16-19H,2-15H2,1H3. The van der Waals surface area contributed by atoms with Gasteiger partial charge in [-0.05, 0) is 63.0 Å². The van der Waals surface area contributed by atoms with Crippen LogP contribution in [0, 0.1) is 5.92 Å². The third-order valence-electron chi connectivity index (χ3n) is 6.17. The van der Waals surface area contributed by atoms with Crippen molar-refractivity contribution in [2.24, 2.45) is 5.92 Å². The highest BCUT2D eigenvalue weighted by Gasteiger charge is 2.30. The fourth-order valence-corrected chi connectivity index (χ4v) is 5.79. The lowest BCUT2D eigenvalue weighted by atomic mass is 9.89. The summed E-state index contributed by atoms with van der Waals surface area (Å²) < 4.78 is 6.03. The van der Waals surface area contributed by atoms with Crippen LogP contribution in [0.5, 0.6) is 0 Å². The minimum absolute atomic E-state index is 0.257. The predicted octanol–water partition coefficient (Wildman–Crippen LogP) is 4.64. The van der Waals surface area contributed by atoms with E-state index in [1.54, 1.807) is 0 Å². The molecule has 1 amide bonds. The molecule has 1 unspecified atom stereocenters. The van der Waals surface area contributed by atoms with Crippen LogP contribution in [0.25, 0.3) is 0 Å². The lowest BCUT2D eigenvalue weighted by Crippen LogP contribution is -2.46. The van der Waals surface area contributed by atoms with E-state index in [-0.39, 0.29) is 5.91 Å². The van der Waals surface area contributed by atoms with Crippen molar-refractivity contribution in [1.29, 1.82) is 0 Å². The zero-order valence-electron chi connectivity index (χ0n) is 15.4. The van der Waals surface area contributed by atoms with Gasteiger partial charge in [-0.15, -0.1) is 0 Å². The molecule has 0 bridgehead atoms. The number of thioether (sulfide) groups is 1. The van der Waals surface area contributed by atoms with Gasteiger partial charge in [0.15, 0.2) is 0 Å². The molecule has 2 aliphatic carbocycles. The Labute approximate surface area is 152 Å². The zero-order valence-corrected chi connectivity index (χ0v) is 16.2. The van der Waals surface area contributed by atoms with E-state index in [4.69, 9.17) is 4.74 Å². The fraction of sp³-hybridized carbons (Fsp3) is 0.950.